The van der Waals surface area contributed by atoms with Gasteiger partial charge in [0.1, 0.15) is 5.82 Å². The van der Waals surface area contributed by atoms with Gasteiger partial charge in [-0.05, 0) is 45.6 Å². The van der Waals surface area contributed by atoms with Gasteiger partial charge in [0.2, 0.25) is 10.0 Å². The number of hydrogen-bond donors (Lipinski definition) is 0. The van der Waals surface area contributed by atoms with Crippen LogP contribution in [0, 0.1) is 17.3 Å². The Hall–Kier alpha value is -2.14. The normalized spacial score (nSPS) is 15.8. The van der Waals surface area contributed by atoms with Gasteiger partial charge in [-0.15, -0.1) is 0 Å². The van der Waals surface area contributed by atoms with Gasteiger partial charge < -0.3 is 4.90 Å². The lowest BCUT2D eigenvalue weighted by Crippen LogP contribution is -2.48. The second-order valence-corrected chi connectivity index (χ2v) is 10.6. The second kappa shape index (κ2) is 9.78. The number of nitrogens with zero attached hydrogens (tertiary/aromatic N) is 3. The van der Waals surface area contributed by atoms with E-state index in [1.807, 2.05) is 56.3 Å². The second-order valence-electron chi connectivity index (χ2n) is 7.90. The molecule has 0 N–H and O–H groups in total. The van der Waals surface area contributed by atoms with Crippen molar-refractivity contribution >= 4 is 31.8 Å². The maximum absolute atomic E-state index is 12.8. The van der Waals surface area contributed by atoms with Crippen LogP contribution in [0.5, 0.6) is 0 Å². The van der Waals surface area contributed by atoms with Crippen molar-refractivity contribution in [3.8, 4) is 11.8 Å². The van der Waals surface area contributed by atoms with Crippen LogP contribution in [0.4, 0.5) is 5.82 Å². The third-order valence-electron chi connectivity index (χ3n) is 4.88. The summed E-state index contributed by atoms with van der Waals surface area (Å²) in [5.41, 5.74) is 0.626. The van der Waals surface area contributed by atoms with E-state index < -0.39 is 10.0 Å². The molecule has 1 fully saturated rings. The largest absolute Gasteiger partial charge is 0.354 e. The van der Waals surface area contributed by atoms with Gasteiger partial charge in [-0.1, -0.05) is 50.0 Å². The fourth-order valence-corrected chi connectivity index (χ4v) is 4.66. The van der Waals surface area contributed by atoms with E-state index in [1.54, 1.807) is 12.3 Å². The minimum atomic E-state index is -3.46. The molecule has 0 aliphatic carbocycles. The smallest absolute Gasteiger partial charge is 0.236 e. The molecule has 1 aliphatic rings. The monoisotopic (exact) mass is 487 g/mol. The lowest BCUT2D eigenvalue weighted by molar-refractivity contribution is 0.388. The predicted octanol–water partition coefficient (Wildman–Crippen LogP) is 4.28. The van der Waals surface area contributed by atoms with Gasteiger partial charge in [-0.25, -0.2) is 13.4 Å². The Kier molecular flexibility index (Phi) is 7.35. The minimum Gasteiger partial charge on any atom is -0.354 e. The van der Waals surface area contributed by atoms with E-state index in [4.69, 9.17) is 0 Å². The van der Waals surface area contributed by atoms with Crippen LogP contribution in [0.2, 0.25) is 0 Å². The number of aromatic nitrogens is 1. The zero-order valence-electron chi connectivity index (χ0n) is 17.3. The Balaban J connectivity index is 1.57. The number of rotatable bonds is 5. The maximum atomic E-state index is 12.8. The summed E-state index contributed by atoms with van der Waals surface area (Å²) in [4.78, 5) is 6.49. The Morgan fingerprint density at radius 3 is 2.43 bits per heavy atom. The number of allylic oxidation sites excluding steroid dienone is 1. The highest BCUT2D eigenvalue weighted by molar-refractivity contribution is 9.10. The number of benzene rings is 1. The van der Waals surface area contributed by atoms with E-state index >= 15 is 0 Å². The molecule has 0 unspecified atom stereocenters. The third kappa shape index (κ3) is 6.43. The number of hydrogen-bond acceptors (Lipinski definition) is 4. The third-order valence-corrected chi connectivity index (χ3v) is 6.91. The van der Waals surface area contributed by atoms with Crippen LogP contribution in [0.15, 0.2) is 64.6 Å². The van der Waals surface area contributed by atoms with Gasteiger partial charge in [0, 0.05) is 54.2 Å². The van der Waals surface area contributed by atoms with Gasteiger partial charge in [-0.3, -0.25) is 0 Å². The van der Waals surface area contributed by atoms with Gasteiger partial charge in [-0.2, -0.15) is 4.31 Å². The molecule has 7 heteroatoms. The van der Waals surface area contributed by atoms with E-state index in [0.29, 0.717) is 32.6 Å². The molecule has 30 heavy (non-hydrogen) atoms. The summed E-state index contributed by atoms with van der Waals surface area (Å²) in [5, 5.41) is 1.34. The lowest BCUT2D eigenvalue weighted by Gasteiger charge is -2.34. The molecule has 1 aromatic heterocycles. The van der Waals surface area contributed by atoms with Crippen LogP contribution >= 0.6 is 15.9 Å². The topological polar surface area (TPSA) is 53.5 Å². The fourth-order valence-electron chi connectivity index (χ4n) is 3.04. The van der Waals surface area contributed by atoms with Crippen molar-refractivity contribution in [3.05, 3.63) is 70.2 Å². The SMILES string of the molecule is CC(C)(/C=C/S(=O)(=O)N1CCN(c2ccc(Br)cn2)CC1)CC#Cc1ccccc1. The van der Waals surface area contributed by atoms with Gasteiger partial charge >= 0.3 is 0 Å². The fraction of sp³-hybridized carbons (Fsp3) is 0.348. The summed E-state index contributed by atoms with van der Waals surface area (Å²) in [6, 6.07) is 13.7. The van der Waals surface area contributed by atoms with Crippen LogP contribution in [-0.2, 0) is 10.0 Å². The summed E-state index contributed by atoms with van der Waals surface area (Å²) < 4.78 is 28.0. The number of piperazine rings is 1. The molecule has 0 radical (unpaired) electrons. The molecule has 0 saturated carbocycles. The summed E-state index contributed by atoms with van der Waals surface area (Å²) in [5.74, 6) is 7.15. The van der Waals surface area contributed by atoms with E-state index in [0.717, 1.165) is 15.9 Å². The first-order chi connectivity index (χ1) is 14.3. The lowest BCUT2D eigenvalue weighted by atomic mass is 9.90. The quantitative estimate of drug-likeness (QED) is 0.590. The molecule has 0 spiro atoms. The van der Waals surface area contributed by atoms with E-state index in [2.05, 4.69) is 37.7 Å². The minimum absolute atomic E-state index is 0.335. The molecule has 2 aromatic rings. The highest BCUT2D eigenvalue weighted by Gasteiger charge is 2.26. The summed E-state index contributed by atoms with van der Waals surface area (Å²) in [6.45, 7) is 6.12. The van der Waals surface area contributed by atoms with Crippen LogP contribution in [-0.4, -0.2) is 43.9 Å². The zero-order chi connectivity index (χ0) is 21.6. The first-order valence-electron chi connectivity index (χ1n) is 9.85. The molecule has 1 aromatic carbocycles. The first kappa shape index (κ1) is 22.5. The molecule has 2 heterocycles. The highest BCUT2D eigenvalue weighted by atomic mass is 79.9. The molecule has 5 nitrogen and oxygen atoms in total. The molecule has 0 atom stereocenters. The van der Waals surface area contributed by atoms with E-state index in [1.165, 1.54) is 9.71 Å². The molecule has 3 rings (SSSR count). The van der Waals surface area contributed by atoms with Crippen molar-refractivity contribution in [1.29, 1.82) is 0 Å². The van der Waals surface area contributed by atoms with Gasteiger partial charge in [0.25, 0.3) is 0 Å². The summed E-state index contributed by atoms with van der Waals surface area (Å²) in [7, 11) is -3.46. The van der Waals surface area contributed by atoms with E-state index in [-0.39, 0.29) is 5.41 Å². The number of pyridine rings is 1. The molecule has 1 saturated heterocycles. The van der Waals surface area contributed by atoms with Crippen molar-refractivity contribution in [1.82, 2.24) is 9.29 Å². The Morgan fingerprint density at radius 2 is 1.80 bits per heavy atom. The van der Waals surface area contributed by atoms with Crippen molar-refractivity contribution in [2.45, 2.75) is 20.3 Å². The molecule has 0 bridgehead atoms. The Morgan fingerprint density at radius 1 is 1.10 bits per heavy atom. The highest BCUT2D eigenvalue weighted by Crippen LogP contribution is 2.23. The van der Waals surface area contributed by atoms with Crippen molar-refractivity contribution in [2.24, 2.45) is 5.41 Å². The Bertz CT molecular complexity index is 1030. The van der Waals surface area contributed by atoms with Gasteiger partial charge in [0.15, 0.2) is 0 Å². The van der Waals surface area contributed by atoms with Crippen molar-refractivity contribution < 1.29 is 8.42 Å². The van der Waals surface area contributed by atoms with Crippen molar-refractivity contribution in [3.63, 3.8) is 0 Å². The zero-order valence-corrected chi connectivity index (χ0v) is 19.7. The summed E-state index contributed by atoms with van der Waals surface area (Å²) >= 11 is 3.38. The molecule has 1 aliphatic heterocycles. The predicted molar refractivity (Wildman–Crippen MR) is 126 cm³/mol. The number of sulfonamides is 1. The molecule has 158 valence electrons. The number of halogens is 1. The average Bonchev–Trinajstić information content (AvgIpc) is 2.74. The number of anilines is 1. The van der Waals surface area contributed by atoms with Crippen LogP contribution in [0.3, 0.4) is 0 Å². The van der Waals surface area contributed by atoms with Gasteiger partial charge in [0.05, 0.1) is 0 Å². The molecular weight excluding hydrogens is 462 g/mol. The maximum Gasteiger partial charge on any atom is 0.236 e. The van der Waals surface area contributed by atoms with Crippen LogP contribution in [0.1, 0.15) is 25.8 Å². The molecular formula is C23H26BrN3O2S. The first-order valence-corrected chi connectivity index (χ1v) is 12.1. The van der Waals surface area contributed by atoms with E-state index in [9.17, 15) is 8.42 Å². The van der Waals surface area contributed by atoms with Crippen LogP contribution in [0.25, 0.3) is 0 Å². The Labute approximate surface area is 188 Å². The van der Waals surface area contributed by atoms with Crippen molar-refractivity contribution in [2.75, 3.05) is 31.1 Å². The standard InChI is InChI=1S/C23H26BrN3O2S/c1-23(2,12-6-9-20-7-4-3-5-8-20)13-18-30(28,29)27-16-14-26(15-17-27)22-11-10-21(24)19-25-22/h3-5,7-8,10-11,13,18-19H,12,14-17H2,1-2H3/b18-13+. The summed E-state index contributed by atoms with van der Waals surface area (Å²) in [6.07, 6.45) is 4.09. The molecule has 0 amide bonds. The average molecular weight is 488 g/mol. The van der Waals surface area contributed by atoms with Crippen LogP contribution < -0.4 is 4.90 Å².